The fourth-order valence-electron chi connectivity index (χ4n) is 3.37. The number of hydrogen-bond donors (Lipinski definition) is 0. The summed E-state index contributed by atoms with van der Waals surface area (Å²) in [5.41, 5.74) is 0.465. The third-order valence-corrected chi connectivity index (χ3v) is 4.77. The first kappa shape index (κ1) is 19.4. The summed E-state index contributed by atoms with van der Waals surface area (Å²) in [6, 6.07) is 10.1. The number of rotatable bonds is 6. The maximum atomic E-state index is 12.8. The first-order chi connectivity index (χ1) is 12.5. The molecule has 1 aliphatic heterocycles. The molecule has 1 heterocycles. The van der Waals surface area contributed by atoms with E-state index in [0.717, 1.165) is 0 Å². The monoisotopic (exact) mass is 359 g/mol. The molecule has 26 heavy (non-hydrogen) atoms. The molecule has 2 rings (SSSR count). The number of nitrogens with zero attached hydrogens (tertiary/aromatic N) is 3. The number of benzene rings is 1. The second kappa shape index (κ2) is 8.94. The second-order valence-electron chi connectivity index (χ2n) is 6.35. The number of carbonyl (C=O) groups is 2. The lowest BCUT2D eigenvalue weighted by molar-refractivity contribution is -0.482. The summed E-state index contributed by atoms with van der Waals surface area (Å²) in [5, 5.41) is 20.3. The molecule has 1 amide bonds. The lowest BCUT2D eigenvalue weighted by atomic mass is 9.78. The summed E-state index contributed by atoms with van der Waals surface area (Å²) in [6.07, 6.45) is 0.627. The van der Waals surface area contributed by atoms with Crippen LogP contribution in [0.15, 0.2) is 30.3 Å². The molecule has 0 saturated carbocycles. The van der Waals surface area contributed by atoms with Crippen LogP contribution in [0.5, 0.6) is 0 Å². The van der Waals surface area contributed by atoms with Gasteiger partial charge in [0.15, 0.2) is 0 Å². The van der Waals surface area contributed by atoms with Crippen LogP contribution in [0, 0.1) is 33.3 Å². The molecule has 138 valence electrons. The molecule has 0 radical (unpaired) electrons. The third-order valence-electron chi connectivity index (χ3n) is 4.77. The van der Waals surface area contributed by atoms with Crippen LogP contribution in [0.25, 0.3) is 0 Å². The molecule has 1 aliphatic rings. The molecular formula is C18H21N3O5. The Morgan fingerprint density at radius 2 is 2.04 bits per heavy atom. The van der Waals surface area contributed by atoms with E-state index in [1.165, 1.54) is 12.0 Å². The SMILES string of the molecule is COC(=O)C[C@@H]1C[C@@H](C#N)N(C(=O)c2ccccc2)C[C@H]1CC[N+](=O)[O-]. The Bertz CT molecular complexity index is 701. The Labute approximate surface area is 151 Å². The largest absolute Gasteiger partial charge is 0.469 e. The van der Waals surface area contributed by atoms with Crippen molar-refractivity contribution in [2.24, 2.45) is 11.8 Å². The van der Waals surface area contributed by atoms with E-state index in [-0.39, 0.29) is 43.7 Å². The van der Waals surface area contributed by atoms with E-state index in [1.54, 1.807) is 30.3 Å². The number of nitriles is 1. The highest BCUT2D eigenvalue weighted by Gasteiger charge is 2.39. The quantitative estimate of drug-likeness (QED) is 0.435. The zero-order valence-corrected chi connectivity index (χ0v) is 14.5. The molecule has 8 heteroatoms. The van der Waals surface area contributed by atoms with Crippen LogP contribution in [-0.4, -0.2) is 47.9 Å². The number of piperidine rings is 1. The maximum absolute atomic E-state index is 12.8. The summed E-state index contributed by atoms with van der Waals surface area (Å²) in [4.78, 5) is 36.3. The smallest absolute Gasteiger partial charge is 0.305 e. The predicted octanol–water partition coefficient (Wildman–Crippen LogP) is 1.89. The standard InChI is InChI=1S/C18H21N3O5/c1-26-17(22)10-15-9-16(11-19)20(12-14(15)7-8-21(24)25)18(23)13-5-3-2-4-6-13/h2-6,14-16H,7-10,12H2,1H3/t14-,15+,16+/m1/s1. The highest BCUT2D eigenvalue weighted by Crippen LogP contribution is 2.33. The molecule has 1 aromatic carbocycles. The molecule has 0 aliphatic carbocycles. The number of nitro groups is 1. The molecule has 3 atom stereocenters. The molecule has 1 fully saturated rings. The number of carbonyl (C=O) groups excluding carboxylic acids is 2. The van der Waals surface area contributed by atoms with Gasteiger partial charge in [0.1, 0.15) is 6.04 Å². The van der Waals surface area contributed by atoms with Gasteiger partial charge in [-0.1, -0.05) is 18.2 Å². The first-order valence-electron chi connectivity index (χ1n) is 8.40. The van der Waals surface area contributed by atoms with Crippen molar-refractivity contribution in [1.82, 2.24) is 4.90 Å². The Morgan fingerprint density at radius 3 is 2.62 bits per heavy atom. The highest BCUT2D eigenvalue weighted by molar-refractivity contribution is 5.94. The summed E-state index contributed by atoms with van der Waals surface area (Å²) in [5.74, 6) is -1.16. The molecule has 0 bridgehead atoms. The fourth-order valence-corrected chi connectivity index (χ4v) is 3.37. The summed E-state index contributed by atoms with van der Waals surface area (Å²) in [6.45, 7) is -0.0334. The minimum atomic E-state index is -0.677. The lowest BCUT2D eigenvalue weighted by Crippen LogP contribution is -2.50. The molecule has 0 spiro atoms. The molecule has 0 unspecified atom stereocenters. The van der Waals surface area contributed by atoms with Gasteiger partial charge >= 0.3 is 5.97 Å². The Balaban J connectivity index is 2.22. The first-order valence-corrected chi connectivity index (χ1v) is 8.40. The fraction of sp³-hybridized carbons (Fsp3) is 0.500. The van der Waals surface area contributed by atoms with Crippen molar-refractivity contribution >= 4 is 11.9 Å². The van der Waals surface area contributed by atoms with Crippen LogP contribution in [0.2, 0.25) is 0 Å². The predicted molar refractivity (Wildman–Crippen MR) is 91.6 cm³/mol. The van der Waals surface area contributed by atoms with Gasteiger partial charge in [0.05, 0.1) is 13.2 Å². The normalized spacial score (nSPS) is 22.3. The van der Waals surface area contributed by atoms with Crippen LogP contribution in [-0.2, 0) is 9.53 Å². The van der Waals surface area contributed by atoms with E-state index in [0.29, 0.717) is 12.0 Å². The van der Waals surface area contributed by atoms with E-state index in [2.05, 4.69) is 6.07 Å². The minimum absolute atomic E-state index is 0.0877. The van der Waals surface area contributed by atoms with Crippen molar-refractivity contribution in [1.29, 1.82) is 5.26 Å². The molecule has 0 N–H and O–H groups in total. The number of likely N-dealkylation sites (tertiary alicyclic amines) is 1. The van der Waals surface area contributed by atoms with Crippen molar-refractivity contribution in [2.75, 3.05) is 20.2 Å². The third kappa shape index (κ3) is 4.79. The van der Waals surface area contributed by atoms with Crippen LogP contribution in [0.4, 0.5) is 0 Å². The van der Waals surface area contributed by atoms with Crippen LogP contribution >= 0.6 is 0 Å². The van der Waals surface area contributed by atoms with Crippen LogP contribution in [0.3, 0.4) is 0 Å². The van der Waals surface area contributed by atoms with Crippen molar-refractivity contribution in [3.05, 3.63) is 46.0 Å². The topological polar surface area (TPSA) is 114 Å². The van der Waals surface area contributed by atoms with Gasteiger partial charge in [0.2, 0.25) is 6.54 Å². The van der Waals surface area contributed by atoms with Gasteiger partial charge in [-0.15, -0.1) is 0 Å². The zero-order chi connectivity index (χ0) is 19.1. The average molecular weight is 359 g/mol. The van der Waals surface area contributed by atoms with Gasteiger partial charge < -0.3 is 9.64 Å². The van der Waals surface area contributed by atoms with Crippen molar-refractivity contribution in [2.45, 2.75) is 25.3 Å². The maximum Gasteiger partial charge on any atom is 0.305 e. The average Bonchev–Trinajstić information content (AvgIpc) is 2.66. The van der Waals surface area contributed by atoms with Gasteiger partial charge in [0.25, 0.3) is 5.91 Å². The van der Waals surface area contributed by atoms with Crippen molar-refractivity contribution in [3.8, 4) is 6.07 Å². The highest BCUT2D eigenvalue weighted by atomic mass is 16.6. The van der Waals surface area contributed by atoms with E-state index in [4.69, 9.17) is 4.74 Å². The lowest BCUT2D eigenvalue weighted by Gasteiger charge is -2.41. The van der Waals surface area contributed by atoms with Gasteiger partial charge in [-0.3, -0.25) is 19.7 Å². The van der Waals surface area contributed by atoms with Crippen LogP contribution < -0.4 is 0 Å². The summed E-state index contributed by atoms with van der Waals surface area (Å²) < 4.78 is 4.70. The second-order valence-corrected chi connectivity index (χ2v) is 6.35. The minimum Gasteiger partial charge on any atom is -0.469 e. The number of amides is 1. The number of methoxy groups -OCH3 is 1. The zero-order valence-electron chi connectivity index (χ0n) is 14.5. The van der Waals surface area contributed by atoms with Crippen LogP contribution in [0.1, 0.15) is 29.6 Å². The van der Waals surface area contributed by atoms with Gasteiger partial charge in [-0.25, -0.2) is 0 Å². The van der Waals surface area contributed by atoms with Crippen molar-refractivity contribution < 1.29 is 19.2 Å². The molecule has 8 nitrogen and oxygen atoms in total. The van der Waals surface area contributed by atoms with E-state index < -0.39 is 16.9 Å². The Kier molecular flexibility index (Phi) is 6.67. The molecule has 1 saturated heterocycles. The molecule has 1 aromatic rings. The van der Waals surface area contributed by atoms with E-state index in [1.807, 2.05) is 0 Å². The van der Waals surface area contributed by atoms with E-state index in [9.17, 15) is 25.0 Å². The molecular weight excluding hydrogens is 338 g/mol. The number of esters is 1. The van der Waals surface area contributed by atoms with E-state index >= 15 is 0 Å². The number of hydrogen-bond acceptors (Lipinski definition) is 6. The molecule has 0 aromatic heterocycles. The Hall–Kier alpha value is -2.95. The van der Waals surface area contributed by atoms with Gasteiger partial charge in [-0.2, -0.15) is 5.26 Å². The van der Waals surface area contributed by atoms with Crippen molar-refractivity contribution in [3.63, 3.8) is 0 Å². The Morgan fingerprint density at radius 1 is 1.35 bits per heavy atom. The number of ether oxygens (including phenoxy) is 1. The van der Waals surface area contributed by atoms with Gasteiger partial charge in [-0.05, 0) is 30.4 Å². The summed E-state index contributed by atoms with van der Waals surface area (Å²) >= 11 is 0. The summed E-state index contributed by atoms with van der Waals surface area (Å²) in [7, 11) is 1.28. The van der Waals surface area contributed by atoms with Gasteiger partial charge in [0, 0.05) is 29.9 Å².